The molecule has 0 aliphatic carbocycles. The average molecular weight is 408 g/mol. The number of sulfonamides is 1. The molecule has 29 heavy (non-hydrogen) atoms. The van der Waals surface area contributed by atoms with Gasteiger partial charge in [0.1, 0.15) is 11.6 Å². The predicted molar refractivity (Wildman–Crippen MR) is 111 cm³/mol. The molecule has 1 heterocycles. The van der Waals surface area contributed by atoms with Gasteiger partial charge in [-0.1, -0.05) is 42.5 Å². The summed E-state index contributed by atoms with van der Waals surface area (Å²) in [6.45, 7) is 0. The lowest BCUT2D eigenvalue weighted by Gasteiger charge is -2.11. The zero-order valence-electron chi connectivity index (χ0n) is 15.1. The first-order valence-corrected chi connectivity index (χ1v) is 10.3. The molecule has 146 valence electrons. The van der Waals surface area contributed by atoms with E-state index in [0.29, 0.717) is 17.1 Å². The molecule has 0 radical (unpaired) electrons. The van der Waals surface area contributed by atoms with E-state index in [1.807, 2.05) is 24.3 Å². The van der Waals surface area contributed by atoms with Crippen LogP contribution in [0.4, 0.5) is 11.4 Å². The fourth-order valence-electron chi connectivity index (χ4n) is 3.08. The Hall–Kier alpha value is -3.72. The summed E-state index contributed by atoms with van der Waals surface area (Å²) in [5.74, 6) is 0.00807. The summed E-state index contributed by atoms with van der Waals surface area (Å²) < 4.78 is 28.0. The number of nitro benzene ring substituents is 1. The lowest BCUT2D eigenvalue weighted by atomic mass is 10.2. The molecular formula is C20H16N4O4S. The van der Waals surface area contributed by atoms with Gasteiger partial charge in [0.25, 0.3) is 5.69 Å². The fourth-order valence-corrected chi connectivity index (χ4v) is 4.32. The molecule has 3 aromatic carbocycles. The number of nitrogens with one attached hydrogen (secondary N) is 2. The number of H-pyrrole nitrogens is 1. The number of aromatic nitrogens is 2. The van der Waals surface area contributed by atoms with E-state index < -0.39 is 20.7 Å². The van der Waals surface area contributed by atoms with Crippen LogP contribution in [-0.4, -0.2) is 23.3 Å². The monoisotopic (exact) mass is 408 g/mol. The number of para-hydroxylation sites is 4. The molecule has 1 aromatic heterocycles. The Labute approximate surface area is 166 Å². The van der Waals surface area contributed by atoms with E-state index in [0.717, 1.165) is 11.0 Å². The highest BCUT2D eigenvalue weighted by Gasteiger charge is 2.21. The van der Waals surface area contributed by atoms with Crippen LogP contribution in [0.1, 0.15) is 5.56 Å². The highest BCUT2D eigenvalue weighted by Crippen LogP contribution is 2.29. The van der Waals surface area contributed by atoms with Gasteiger partial charge in [-0.3, -0.25) is 14.8 Å². The maximum atomic E-state index is 12.7. The van der Waals surface area contributed by atoms with Gasteiger partial charge in [-0.15, -0.1) is 0 Å². The van der Waals surface area contributed by atoms with Crippen LogP contribution in [0.2, 0.25) is 0 Å². The molecule has 0 bridgehead atoms. The lowest BCUT2D eigenvalue weighted by molar-refractivity contribution is -0.385. The van der Waals surface area contributed by atoms with E-state index in [1.165, 1.54) is 18.2 Å². The van der Waals surface area contributed by atoms with E-state index in [1.54, 1.807) is 30.3 Å². The third kappa shape index (κ3) is 3.94. The Balaban J connectivity index is 1.67. The first-order valence-electron chi connectivity index (χ1n) is 8.70. The minimum absolute atomic E-state index is 0.117. The van der Waals surface area contributed by atoms with Crippen molar-refractivity contribution in [3.05, 3.63) is 88.5 Å². The summed E-state index contributed by atoms with van der Waals surface area (Å²) in [5, 5.41) is 11.2. The Morgan fingerprint density at radius 1 is 0.966 bits per heavy atom. The number of aromatic amines is 1. The normalized spacial score (nSPS) is 11.4. The summed E-state index contributed by atoms with van der Waals surface area (Å²) >= 11 is 0. The number of anilines is 1. The van der Waals surface area contributed by atoms with Gasteiger partial charge in [0.2, 0.25) is 10.0 Å². The summed E-state index contributed by atoms with van der Waals surface area (Å²) in [6, 6.07) is 20.1. The molecular weight excluding hydrogens is 392 g/mol. The number of fused-ring (bicyclic) bond motifs is 1. The molecule has 4 rings (SSSR count). The largest absolute Gasteiger partial charge is 0.338 e. The van der Waals surface area contributed by atoms with Crippen LogP contribution in [0.5, 0.6) is 0 Å². The van der Waals surface area contributed by atoms with Crippen molar-refractivity contribution in [2.45, 2.75) is 5.75 Å². The van der Waals surface area contributed by atoms with E-state index in [2.05, 4.69) is 14.7 Å². The molecule has 9 heteroatoms. The van der Waals surface area contributed by atoms with Crippen molar-refractivity contribution in [2.24, 2.45) is 0 Å². The minimum atomic E-state index is -3.90. The van der Waals surface area contributed by atoms with Crippen molar-refractivity contribution in [3.63, 3.8) is 0 Å². The molecule has 0 fully saturated rings. The van der Waals surface area contributed by atoms with Crippen LogP contribution in [0.3, 0.4) is 0 Å². The number of imidazole rings is 1. The van der Waals surface area contributed by atoms with Gasteiger partial charge < -0.3 is 4.98 Å². The first kappa shape index (κ1) is 18.6. The molecule has 0 aliphatic heterocycles. The fraction of sp³-hybridized carbons (Fsp3) is 0.0500. The molecule has 8 nitrogen and oxygen atoms in total. The zero-order valence-corrected chi connectivity index (χ0v) is 15.9. The summed E-state index contributed by atoms with van der Waals surface area (Å²) in [4.78, 5) is 18.3. The molecule has 0 spiro atoms. The van der Waals surface area contributed by atoms with Crippen molar-refractivity contribution in [1.82, 2.24) is 9.97 Å². The molecule has 0 saturated heterocycles. The van der Waals surface area contributed by atoms with Crippen LogP contribution in [0, 0.1) is 10.1 Å². The number of rotatable bonds is 6. The van der Waals surface area contributed by atoms with Gasteiger partial charge in [0.15, 0.2) is 0 Å². The van der Waals surface area contributed by atoms with Crippen LogP contribution >= 0.6 is 0 Å². The zero-order chi connectivity index (χ0) is 20.4. The second-order valence-corrected chi connectivity index (χ2v) is 8.12. The van der Waals surface area contributed by atoms with Gasteiger partial charge in [0, 0.05) is 17.2 Å². The second kappa shape index (κ2) is 7.36. The second-order valence-electron chi connectivity index (χ2n) is 6.40. The van der Waals surface area contributed by atoms with Gasteiger partial charge in [0.05, 0.1) is 21.6 Å². The third-order valence-corrected chi connectivity index (χ3v) is 5.59. The molecule has 4 aromatic rings. The Bertz CT molecular complexity index is 1280. The predicted octanol–water partition coefficient (Wildman–Crippen LogP) is 4.08. The molecule has 0 unspecified atom stereocenters. The standard InChI is InChI=1S/C20H16N4O4S/c25-24(26)19-12-6-1-7-14(19)13-29(27,28)23-16-9-3-2-8-15(16)20-21-17-10-4-5-11-18(17)22-20/h1-12,23H,13H2,(H,21,22). The lowest BCUT2D eigenvalue weighted by Crippen LogP contribution is -2.16. The summed E-state index contributed by atoms with van der Waals surface area (Å²) in [6.07, 6.45) is 0. The maximum Gasteiger partial charge on any atom is 0.273 e. The highest BCUT2D eigenvalue weighted by atomic mass is 32.2. The van der Waals surface area contributed by atoms with Gasteiger partial charge in [-0.05, 0) is 24.3 Å². The quantitative estimate of drug-likeness (QED) is 0.368. The number of hydrogen-bond acceptors (Lipinski definition) is 5. The number of nitrogens with zero attached hydrogens (tertiary/aromatic N) is 2. The van der Waals surface area contributed by atoms with E-state index >= 15 is 0 Å². The van der Waals surface area contributed by atoms with E-state index in [4.69, 9.17) is 0 Å². The molecule has 2 N–H and O–H groups in total. The minimum Gasteiger partial charge on any atom is -0.338 e. The molecule has 0 amide bonds. The molecule has 0 saturated carbocycles. The van der Waals surface area contributed by atoms with Crippen molar-refractivity contribution in [1.29, 1.82) is 0 Å². The van der Waals surface area contributed by atoms with Crippen molar-refractivity contribution in [3.8, 4) is 11.4 Å². The van der Waals surface area contributed by atoms with Crippen molar-refractivity contribution >= 4 is 32.4 Å². The van der Waals surface area contributed by atoms with Crippen LogP contribution in [0.15, 0.2) is 72.8 Å². The van der Waals surface area contributed by atoms with E-state index in [9.17, 15) is 18.5 Å². The number of nitro groups is 1. The SMILES string of the molecule is O=[N+]([O-])c1ccccc1CS(=O)(=O)Nc1ccccc1-c1nc2ccccc2[nH]1. The molecule has 0 atom stereocenters. The topological polar surface area (TPSA) is 118 Å². The average Bonchev–Trinajstić information content (AvgIpc) is 3.12. The first-order chi connectivity index (χ1) is 13.9. The van der Waals surface area contributed by atoms with Crippen LogP contribution in [-0.2, 0) is 15.8 Å². The van der Waals surface area contributed by atoms with Crippen LogP contribution in [0.25, 0.3) is 22.4 Å². The van der Waals surface area contributed by atoms with Gasteiger partial charge >= 0.3 is 0 Å². The number of benzene rings is 3. The highest BCUT2D eigenvalue weighted by molar-refractivity contribution is 7.91. The number of hydrogen-bond donors (Lipinski definition) is 2. The summed E-state index contributed by atoms with van der Waals surface area (Å²) in [7, 11) is -3.90. The van der Waals surface area contributed by atoms with Crippen LogP contribution < -0.4 is 4.72 Å². The third-order valence-electron chi connectivity index (χ3n) is 4.37. The van der Waals surface area contributed by atoms with Crippen molar-refractivity contribution < 1.29 is 13.3 Å². The van der Waals surface area contributed by atoms with Gasteiger partial charge in [-0.25, -0.2) is 13.4 Å². The molecule has 0 aliphatic rings. The Kier molecular flexibility index (Phi) is 4.73. The summed E-state index contributed by atoms with van der Waals surface area (Å²) in [5.41, 5.74) is 2.40. The van der Waals surface area contributed by atoms with Gasteiger partial charge in [-0.2, -0.15) is 0 Å². The smallest absolute Gasteiger partial charge is 0.273 e. The van der Waals surface area contributed by atoms with Crippen molar-refractivity contribution in [2.75, 3.05) is 4.72 Å². The Morgan fingerprint density at radius 3 is 2.45 bits per heavy atom. The maximum absolute atomic E-state index is 12.7. The Morgan fingerprint density at radius 2 is 1.66 bits per heavy atom. The van der Waals surface area contributed by atoms with E-state index in [-0.39, 0.29) is 11.3 Å².